The number of anilines is 1. The van der Waals surface area contributed by atoms with E-state index in [-0.39, 0.29) is 17.8 Å². The summed E-state index contributed by atoms with van der Waals surface area (Å²) in [6.45, 7) is -0.253. The van der Waals surface area contributed by atoms with Crippen molar-refractivity contribution in [2.45, 2.75) is 0 Å². The van der Waals surface area contributed by atoms with E-state index in [1.54, 1.807) is 18.2 Å². The van der Waals surface area contributed by atoms with Crippen LogP contribution in [0, 0.1) is 0 Å². The molecule has 0 aliphatic rings. The first-order chi connectivity index (χ1) is 13.9. The molecular formula is C19H20N4O6. The van der Waals surface area contributed by atoms with Gasteiger partial charge in [0.25, 0.3) is 5.91 Å². The summed E-state index contributed by atoms with van der Waals surface area (Å²) in [6.07, 6.45) is 0. The summed E-state index contributed by atoms with van der Waals surface area (Å²) in [6, 6.07) is 7.91. The molecule has 0 atom stereocenters. The number of H-pyrrole nitrogens is 2. The predicted molar refractivity (Wildman–Crippen MR) is 106 cm³/mol. The maximum Gasteiger partial charge on any atom is 0.323 e. The number of benzene rings is 2. The fourth-order valence-electron chi connectivity index (χ4n) is 2.79. The number of rotatable bonds is 7. The van der Waals surface area contributed by atoms with Crippen LogP contribution < -0.4 is 30.5 Å². The topological polar surface area (TPSA) is 135 Å². The van der Waals surface area contributed by atoms with Gasteiger partial charge in [0.05, 0.1) is 38.9 Å². The van der Waals surface area contributed by atoms with Crippen molar-refractivity contribution in [1.29, 1.82) is 0 Å². The molecule has 0 fully saturated rings. The van der Waals surface area contributed by atoms with Gasteiger partial charge in [0.15, 0.2) is 11.5 Å². The van der Waals surface area contributed by atoms with E-state index in [9.17, 15) is 14.4 Å². The molecule has 0 aliphatic heterocycles. The Hall–Kier alpha value is -3.95. The van der Waals surface area contributed by atoms with Gasteiger partial charge in [-0.3, -0.25) is 9.59 Å². The SMILES string of the molecule is COc1cc(C(=O)NCC(=O)Nc2ccc3[nH]c(=O)[nH]c3c2)cc(OC)c1OC. The van der Waals surface area contributed by atoms with E-state index in [0.717, 1.165) is 0 Å². The minimum absolute atomic E-state index is 0.249. The Morgan fingerprint density at radius 1 is 0.931 bits per heavy atom. The number of ether oxygens (including phenoxy) is 3. The second-order valence-corrected chi connectivity index (χ2v) is 5.98. The first kappa shape index (κ1) is 19.8. The van der Waals surface area contributed by atoms with E-state index in [0.29, 0.717) is 34.0 Å². The molecule has 1 heterocycles. The van der Waals surface area contributed by atoms with E-state index < -0.39 is 11.8 Å². The van der Waals surface area contributed by atoms with E-state index in [1.165, 1.54) is 33.5 Å². The van der Waals surface area contributed by atoms with Crippen LogP contribution in [-0.2, 0) is 4.79 Å². The molecule has 0 spiro atoms. The summed E-state index contributed by atoms with van der Waals surface area (Å²) >= 11 is 0. The third-order valence-corrected chi connectivity index (χ3v) is 4.14. The van der Waals surface area contributed by atoms with Gasteiger partial charge in [0.2, 0.25) is 11.7 Å². The molecule has 3 aromatic rings. The zero-order valence-corrected chi connectivity index (χ0v) is 16.0. The fraction of sp³-hybridized carbons (Fsp3) is 0.211. The first-order valence-electron chi connectivity index (χ1n) is 8.55. The van der Waals surface area contributed by atoms with Gasteiger partial charge in [-0.2, -0.15) is 0 Å². The molecule has 0 bridgehead atoms. The van der Waals surface area contributed by atoms with Crippen molar-refractivity contribution in [2.24, 2.45) is 0 Å². The summed E-state index contributed by atoms with van der Waals surface area (Å²) in [5.74, 6) is 0.112. The van der Waals surface area contributed by atoms with Crippen molar-refractivity contribution >= 4 is 28.5 Å². The zero-order chi connectivity index (χ0) is 21.0. The smallest absolute Gasteiger partial charge is 0.323 e. The lowest BCUT2D eigenvalue weighted by atomic mass is 10.1. The molecule has 0 saturated heterocycles. The van der Waals surface area contributed by atoms with Crippen LogP contribution >= 0.6 is 0 Å². The number of hydrogen-bond acceptors (Lipinski definition) is 6. The molecule has 0 radical (unpaired) electrons. The van der Waals surface area contributed by atoms with Gasteiger partial charge in [-0.1, -0.05) is 0 Å². The third kappa shape index (κ3) is 4.32. The maximum absolute atomic E-state index is 12.4. The summed E-state index contributed by atoms with van der Waals surface area (Å²) in [5.41, 5.74) is 1.59. The van der Waals surface area contributed by atoms with E-state index >= 15 is 0 Å². The van der Waals surface area contributed by atoms with E-state index in [4.69, 9.17) is 14.2 Å². The lowest BCUT2D eigenvalue weighted by molar-refractivity contribution is -0.115. The minimum Gasteiger partial charge on any atom is -0.493 e. The first-order valence-corrected chi connectivity index (χ1v) is 8.55. The highest BCUT2D eigenvalue weighted by Crippen LogP contribution is 2.38. The maximum atomic E-state index is 12.4. The van der Waals surface area contributed by atoms with Crippen LogP contribution in [0.3, 0.4) is 0 Å². The number of aromatic nitrogens is 2. The van der Waals surface area contributed by atoms with Crippen molar-refractivity contribution < 1.29 is 23.8 Å². The molecule has 0 aliphatic carbocycles. The molecular weight excluding hydrogens is 380 g/mol. The molecule has 10 nitrogen and oxygen atoms in total. The van der Waals surface area contributed by atoms with Crippen LogP contribution in [0.4, 0.5) is 5.69 Å². The van der Waals surface area contributed by atoms with Crippen LogP contribution in [-0.4, -0.2) is 49.7 Å². The zero-order valence-electron chi connectivity index (χ0n) is 16.0. The van der Waals surface area contributed by atoms with Gasteiger partial charge in [0, 0.05) is 11.3 Å². The average Bonchev–Trinajstić information content (AvgIpc) is 3.09. The summed E-state index contributed by atoms with van der Waals surface area (Å²) in [5, 5.41) is 5.19. The van der Waals surface area contributed by atoms with Crippen LogP contribution in [0.5, 0.6) is 17.2 Å². The lowest BCUT2D eigenvalue weighted by Crippen LogP contribution is -2.32. The minimum atomic E-state index is -0.482. The molecule has 1 aromatic heterocycles. The molecule has 2 aromatic carbocycles. The van der Waals surface area contributed by atoms with E-state index in [2.05, 4.69) is 20.6 Å². The summed E-state index contributed by atoms with van der Waals surface area (Å²) in [4.78, 5) is 41.1. The quantitative estimate of drug-likeness (QED) is 0.472. The fourth-order valence-corrected chi connectivity index (χ4v) is 2.79. The summed E-state index contributed by atoms with van der Waals surface area (Å²) in [7, 11) is 4.35. The number of aromatic amines is 2. The summed E-state index contributed by atoms with van der Waals surface area (Å²) < 4.78 is 15.7. The second-order valence-electron chi connectivity index (χ2n) is 5.98. The van der Waals surface area contributed by atoms with Gasteiger partial charge >= 0.3 is 5.69 Å². The van der Waals surface area contributed by atoms with Crippen molar-refractivity contribution in [3.05, 3.63) is 46.4 Å². The van der Waals surface area contributed by atoms with Gasteiger partial charge in [-0.15, -0.1) is 0 Å². The molecule has 0 saturated carbocycles. The Kier molecular flexibility index (Phi) is 5.72. The number of imidazole rings is 1. The number of carbonyl (C=O) groups is 2. The Balaban J connectivity index is 1.66. The van der Waals surface area contributed by atoms with Crippen molar-refractivity contribution in [2.75, 3.05) is 33.2 Å². The number of hydrogen-bond donors (Lipinski definition) is 4. The highest BCUT2D eigenvalue weighted by Gasteiger charge is 2.17. The molecule has 29 heavy (non-hydrogen) atoms. The lowest BCUT2D eigenvalue weighted by Gasteiger charge is -2.14. The van der Waals surface area contributed by atoms with Gasteiger partial charge in [0.1, 0.15) is 0 Å². The third-order valence-electron chi connectivity index (χ3n) is 4.14. The molecule has 152 valence electrons. The molecule has 2 amide bonds. The predicted octanol–water partition coefficient (Wildman–Crippen LogP) is 1.25. The highest BCUT2D eigenvalue weighted by molar-refractivity contribution is 6.00. The average molecular weight is 400 g/mol. The number of carbonyl (C=O) groups excluding carboxylic acids is 2. The van der Waals surface area contributed by atoms with Crippen molar-refractivity contribution in [1.82, 2.24) is 15.3 Å². The molecule has 10 heteroatoms. The van der Waals surface area contributed by atoms with Crippen LogP contribution in [0.15, 0.2) is 35.1 Å². The van der Waals surface area contributed by atoms with Crippen LogP contribution in [0.25, 0.3) is 11.0 Å². The Labute approximate surface area is 165 Å². The number of nitrogens with one attached hydrogen (secondary N) is 4. The number of amides is 2. The Morgan fingerprint density at radius 2 is 1.59 bits per heavy atom. The van der Waals surface area contributed by atoms with Gasteiger partial charge in [-0.05, 0) is 30.3 Å². The number of fused-ring (bicyclic) bond motifs is 1. The van der Waals surface area contributed by atoms with Crippen molar-refractivity contribution in [3.8, 4) is 17.2 Å². The monoisotopic (exact) mass is 400 g/mol. The standard InChI is InChI=1S/C19H20N4O6/c1-27-14-6-10(7-15(28-2)17(14)29-3)18(25)20-9-16(24)21-11-4-5-12-13(8-11)23-19(26)22-12/h4-8H,9H2,1-3H3,(H,20,25)(H,21,24)(H2,22,23,26). The number of methoxy groups -OCH3 is 3. The second kappa shape index (κ2) is 8.38. The molecule has 4 N–H and O–H groups in total. The Bertz CT molecular complexity index is 1090. The van der Waals surface area contributed by atoms with Gasteiger partial charge in [-0.25, -0.2) is 4.79 Å². The Morgan fingerprint density at radius 3 is 2.21 bits per heavy atom. The molecule has 3 rings (SSSR count). The molecule has 0 unspecified atom stereocenters. The normalized spacial score (nSPS) is 10.4. The largest absolute Gasteiger partial charge is 0.493 e. The van der Waals surface area contributed by atoms with E-state index in [1.807, 2.05) is 0 Å². The van der Waals surface area contributed by atoms with Crippen molar-refractivity contribution in [3.63, 3.8) is 0 Å². The van der Waals surface area contributed by atoms with Crippen LogP contribution in [0.1, 0.15) is 10.4 Å². The van der Waals surface area contributed by atoms with Crippen LogP contribution in [0.2, 0.25) is 0 Å². The van der Waals surface area contributed by atoms with Gasteiger partial charge < -0.3 is 34.8 Å². The highest BCUT2D eigenvalue weighted by atomic mass is 16.5.